The molecular formula is C17H14N2O3S. The Hall–Kier alpha value is -2.78. The molecule has 6 heteroatoms. The van der Waals surface area contributed by atoms with Crippen LogP contribution in [0.4, 0.5) is 11.4 Å². The Kier molecular flexibility index (Phi) is 3.80. The standard InChI is InChI=1S/C17H14N2O3S/c1-2-12-4-3-5-14(10-12)19-23(21,22)15-7-8-16-13(11-15)6-9-17(20)18-16/h1,3-5,7-8,10-11,19H,6,9H2,(H,18,20). The van der Waals surface area contributed by atoms with E-state index in [-0.39, 0.29) is 10.8 Å². The molecule has 0 saturated carbocycles. The molecule has 23 heavy (non-hydrogen) atoms. The maximum Gasteiger partial charge on any atom is 0.261 e. The minimum atomic E-state index is -3.72. The van der Waals surface area contributed by atoms with Gasteiger partial charge in [0.2, 0.25) is 5.91 Å². The lowest BCUT2D eigenvalue weighted by molar-refractivity contribution is -0.116. The van der Waals surface area contributed by atoms with Gasteiger partial charge in [-0.15, -0.1) is 6.42 Å². The molecule has 1 amide bonds. The van der Waals surface area contributed by atoms with E-state index in [4.69, 9.17) is 6.42 Å². The molecule has 1 aliphatic rings. The van der Waals surface area contributed by atoms with Gasteiger partial charge in [0.05, 0.1) is 10.6 Å². The third-order valence-electron chi connectivity index (χ3n) is 3.56. The van der Waals surface area contributed by atoms with Crippen LogP contribution in [-0.2, 0) is 21.2 Å². The molecule has 0 atom stereocenters. The van der Waals surface area contributed by atoms with E-state index in [2.05, 4.69) is 16.0 Å². The Morgan fingerprint density at radius 2 is 1.96 bits per heavy atom. The van der Waals surface area contributed by atoms with E-state index >= 15 is 0 Å². The van der Waals surface area contributed by atoms with E-state index in [0.717, 1.165) is 5.56 Å². The van der Waals surface area contributed by atoms with Gasteiger partial charge in [0, 0.05) is 17.7 Å². The number of aryl methyl sites for hydroxylation is 1. The third kappa shape index (κ3) is 3.20. The highest BCUT2D eigenvalue weighted by atomic mass is 32.2. The minimum Gasteiger partial charge on any atom is -0.326 e. The third-order valence-corrected chi connectivity index (χ3v) is 4.94. The molecule has 0 unspecified atom stereocenters. The summed E-state index contributed by atoms with van der Waals surface area (Å²) < 4.78 is 27.5. The van der Waals surface area contributed by atoms with Crippen LogP contribution in [0.3, 0.4) is 0 Å². The number of carbonyl (C=O) groups excluding carboxylic acids is 1. The van der Waals surface area contributed by atoms with Gasteiger partial charge in [-0.25, -0.2) is 8.42 Å². The lowest BCUT2D eigenvalue weighted by Gasteiger charge is -2.18. The summed E-state index contributed by atoms with van der Waals surface area (Å²) in [5.74, 6) is 2.40. The topological polar surface area (TPSA) is 75.3 Å². The lowest BCUT2D eigenvalue weighted by atomic mass is 10.0. The van der Waals surface area contributed by atoms with Crippen molar-refractivity contribution in [2.45, 2.75) is 17.7 Å². The molecule has 3 rings (SSSR count). The van der Waals surface area contributed by atoms with Crippen LogP contribution in [0.15, 0.2) is 47.4 Å². The van der Waals surface area contributed by atoms with Crippen molar-refractivity contribution in [2.75, 3.05) is 10.0 Å². The fourth-order valence-corrected chi connectivity index (χ4v) is 3.51. The summed E-state index contributed by atoms with van der Waals surface area (Å²) in [5.41, 5.74) is 2.48. The average Bonchev–Trinajstić information content (AvgIpc) is 2.54. The van der Waals surface area contributed by atoms with Crippen LogP contribution in [0.5, 0.6) is 0 Å². The molecule has 0 saturated heterocycles. The van der Waals surface area contributed by atoms with Crippen molar-refractivity contribution in [3.8, 4) is 12.3 Å². The fraction of sp³-hybridized carbons (Fsp3) is 0.118. The number of carbonyl (C=O) groups is 1. The van der Waals surface area contributed by atoms with Crippen molar-refractivity contribution in [1.82, 2.24) is 0 Å². The molecule has 1 aliphatic heterocycles. The Balaban J connectivity index is 1.91. The first-order chi connectivity index (χ1) is 11.0. The first-order valence-electron chi connectivity index (χ1n) is 7.00. The number of hydrogen-bond acceptors (Lipinski definition) is 3. The average molecular weight is 326 g/mol. The van der Waals surface area contributed by atoms with Crippen molar-refractivity contribution in [3.05, 3.63) is 53.6 Å². The van der Waals surface area contributed by atoms with E-state index in [1.807, 2.05) is 0 Å². The Morgan fingerprint density at radius 3 is 2.74 bits per heavy atom. The molecular weight excluding hydrogens is 312 g/mol. The van der Waals surface area contributed by atoms with Crippen LogP contribution < -0.4 is 10.0 Å². The van der Waals surface area contributed by atoms with Crippen molar-refractivity contribution in [2.24, 2.45) is 0 Å². The highest BCUT2D eigenvalue weighted by Crippen LogP contribution is 2.26. The fourth-order valence-electron chi connectivity index (χ4n) is 2.41. The second-order valence-corrected chi connectivity index (χ2v) is 6.88. The van der Waals surface area contributed by atoms with Gasteiger partial charge >= 0.3 is 0 Å². The molecule has 0 spiro atoms. The van der Waals surface area contributed by atoms with Crippen LogP contribution in [0, 0.1) is 12.3 Å². The Bertz CT molecular complexity index is 927. The van der Waals surface area contributed by atoms with Crippen molar-refractivity contribution in [1.29, 1.82) is 0 Å². The number of benzene rings is 2. The van der Waals surface area contributed by atoms with Crippen molar-refractivity contribution < 1.29 is 13.2 Å². The number of anilines is 2. The first-order valence-corrected chi connectivity index (χ1v) is 8.48. The van der Waals surface area contributed by atoms with Gasteiger partial charge in [-0.1, -0.05) is 12.0 Å². The molecule has 2 aromatic rings. The zero-order valence-corrected chi connectivity index (χ0v) is 13.0. The molecule has 0 radical (unpaired) electrons. The molecule has 0 aromatic heterocycles. The lowest BCUT2D eigenvalue weighted by Crippen LogP contribution is -2.20. The second-order valence-electron chi connectivity index (χ2n) is 5.20. The summed E-state index contributed by atoms with van der Waals surface area (Å²) >= 11 is 0. The van der Waals surface area contributed by atoms with Gasteiger partial charge in [-0.2, -0.15) is 0 Å². The van der Waals surface area contributed by atoms with Crippen LogP contribution in [0.2, 0.25) is 0 Å². The molecule has 116 valence electrons. The number of terminal acetylenes is 1. The smallest absolute Gasteiger partial charge is 0.261 e. The van der Waals surface area contributed by atoms with Gasteiger partial charge in [-0.05, 0) is 48.4 Å². The van der Waals surface area contributed by atoms with Crippen LogP contribution in [0.1, 0.15) is 17.5 Å². The monoisotopic (exact) mass is 326 g/mol. The second kappa shape index (κ2) is 5.78. The number of hydrogen-bond donors (Lipinski definition) is 2. The summed E-state index contributed by atoms with van der Waals surface area (Å²) in [6, 6.07) is 11.3. The van der Waals surface area contributed by atoms with Gasteiger partial charge in [0.1, 0.15) is 0 Å². The normalized spacial score (nSPS) is 13.6. The molecule has 2 N–H and O–H groups in total. The summed E-state index contributed by atoms with van der Waals surface area (Å²) in [6.45, 7) is 0. The molecule has 2 aromatic carbocycles. The Morgan fingerprint density at radius 1 is 1.13 bits per heavy atom. The van der Waals surface area contributed by atoms with E-state index in [0.29, 0.717) is 29.8 Å². The maximum atomic E-state index is 12.5. The minimum absolute atomic E-state index is 0.0580. The molecule has 0 bridgehead atoms. The first kappa shape index (κ1) is 15.1. The molecule has 1 heterocycles. The van der Waals surface area contributed by atoms with E-state index in [1.165, 1.54) is 6.07 Å². The number of sulfonamides is 1. The van der Waals surface area contributed by atoms with E-state index in [1.54, 1.807) is 36.4 Å². The number of amides is 1. The van der Waals surface area contributed by atoms with Crippen LogP contribution >= 0.6 is 0 Å². The molecule has 0 fully saturated rings. The summed E-state index contributed by atoms with van der Waals surface area (Å²) in [6.07, 6.45) is 6.20. The van der Waals surface area contributed by atoms with E-state index < -0.39 is 10.0 Å². The summed E-state index contributed by atoms with van der Waals surface area (Å²) in [4.78, 5) is 11.5. The van der Waals surface area contributed by atoms with Crippen molar-refractivity contribution in [3.63, 3.8) is 0 Å². The molecule has 5 nitrogen and oxygen atoms in total. The van der Waals surface area contributed by atoms with Crippen LogP contribution in [0.25, 0.3) is 0 Å². The van der Waals surface area contributed by atoms with Gasteiger partial charge < -0.3 is 5.32 Å². The zero-order chi connectivity index (χ0) is 16.4. The highest BCUT2D eigenvalue weighted by Gasteiger charge is 2.20. The number of rotatable bonds is 3. The van der Waals surface area contributed by atoms with Gasteiger partial charge in [0.25, 0.3) is 10.0 Å². The quantitative estimate of drug-likeness (QED) is 0.850. The largest absolute Gasteiger partial charge is 0.326 e. The van der Waals surface area contributed by atoms with Gasteiger partial charge in [0.15, 0.2) is 0 Å². The maximum absolute atomic E-state index is 12.5. The number of fused-ring (bicyclic) bond motifs is 1. The predicted octanol–water partition coefficient (Wildman–Crippen LogP) is 2.35. The summed E-state index contributed by atoms with van der Waals surface area (Å²) in [5, 5.41) is 2.73. The predicted molar refractivity (Wildman–Crippen MR) is 88.6 cm³/mol. The Labute approximate surface area is 134 Å². The van der Waals surface area contributed by atoms with E-state index in [9.17, 15) is 13.2 Å². The number of nitrogens with one attached hydrogen (secondary N) is 2. The van der Waals surface area contributed by atoms with Gasteiger partial charge in [-0.3, -0.25) is 9.52 Å². The zero-order valence-electron chi connectivity index (χ0n) is 12.2. The van der Waals surface area contributed by atoms with Crippen molar-refractivity contribution >= 4 is 27.3 Å². The highest BCUT2D eigenvalue weighted by molar-refractivity contribution is 7.92. The summed E-state index contributed by atoms with van der Waals surface area (Å²) in [7, 11) is -3.72. The molecule has 0 aliphatic carbocycles. The SMILES string of the molecule is C#Cc1cccc(NS(=O)(=O)c2ccc3c(c2)CCC(=O)N3)c1. The van der Waals surface area contributed by atoms with Crippen LogP contribution in [-0.4, -0.2) is 14.3 Å².